The molecule has 0 aliphatic carbocycles. The molecule has 2 aromatic heterocycles. The van der Waals surface area contributed by atoms with Crippen LogP contribution in [0.2, 0.25) is 0 Å². The number of H-pyrrole nitrogens is 1. The number of carbonyl (C=O) groups excluding carboxylic acids is 1. The number of amides is 1. The summed E-state index contributed by atoms with van der Waals surface area (Å²) < 4.78 is 0. The maximum absolute atomic E-state index is 12.3. The van der Waals surface area contributed by atoms with Crippen molar-refractivity contribution in [2.24, 2.45) is 0 Å². The number of aryl methyl sites for hydroxylation is 1. The molecule has 0 spiro atoms. The second-order valence-electron chi connectivity index (χ2n) is 4.85. The third-order valence-electron chi connectivity index (χ3n) is 3.33. The van der Waals surface area contributed by atoms with Gasteiger partial charge in [-0.1, -0.05) is 6.07 Å². The van der Waals surface area contributed by atoms with Crippen molar-refractivity contribution in [2.75, 3.05) is 5.32 Å². The highest BCUT2D eigenvalue weighted by molar-refractivity contribution is 6.06. The topological polar surface area (TPSA) is 101 Å². The number of nitro benzene ring substituents is 1. The van der Waals surface area contributed by atoms with Crippen LogP contribution in [0.4, 0.5) is 11.4 Å². The van der Waals surface area contributed by atoms with Gasteiger partial charge in [0, 0.05) is 29.3 Å². The number of aromatic nitrogens is 2. The van der Waals surface area contributed by atoms with E-state index in [0.29, 0.717) is 11.3 Å². The first-order valence-corrected chi connectivity index (χ1v) is 6.54. The average Bonchev–Trinajstić information content (AvgIpc) is 2.94. The molecule has 110 valence electrons. The highest BCUT2D eigenvalue weighted by Crippen LogP contribution is 2.20. The van der Waals surface area contributed by atoms with Crippen LogP contribution >= 0.6 is 0 Å². The quantitative estimate of drug-likeness (QED) is 0.573. The van der Waals surface area contributed by atoms with E-state index in [1.807, 2.05) is 6.07 Å². The van der Waals surface area contributed by atoms with Crippen LogP contribution in [0.5, 0.6) is 0 Å². The lowest BCUT2D eigenvalue weighted by molar-refractivity contribution is -0.384. The van der Waals surface area contributed by atoms with Crippen LogP contribution in [0.1, 0.15) is 15.9 Å². The van der Waals surface area contributed by atoms with Gasteiger partial charge in [0.15, 0.2) is 0 Å². The average molecular weight is 296 g/mol. The number of nitrogens with one attached hydrogen (secondary N) is 2. The molecule has 0 radical (unpaired) electrons. The van der Waals surface area contributed by atoms with Gasteiger partial charge in [0.1, 0.15) is 5.65 Å². The number of aromatic amines is 1. The molecule has 0 aliphatic heterocycles. The van der Waals surface area contributed by atoms with E-state index >= 15 is 0 Å². The van der Waals surface area contributed by atoms with Gasteiger partial charge >= 0.3 is 0 Å². The van der Waals surface area contributed by atoms with Crippen molar-refractivity contribution in [3.8, 4) is 0 Å². The monoisotopic (exact) mass is 296 g/mol. The van der Waals surface area contributed by atoms with Crippen molar-refractivity contribution in [1.29, 1.82) is 0 Å². The molecule has 22 heavy (non-hydrogen) atoms. The third-order valence-corrected chi connectivity index (χ3v) is 3.33. The molecule has 0 saturated heterocycles. The number of hydrogen-bond donors (Lipinski definition) is 2. The fourth-order valence-corrected chi connectivity index (χ4v) is 2.17. The summed E-state index contributed by atoms with van der Waals surface area (Å²) >= 11 is 0. The predicted octanol–water partition coefficient (Wildman–Crippen LogP) is 3.03. The number of carbonyl (C=O) groups is 1. The number of rotatable bonds is 3. The fourth-order valence-electron chi connectivity index (χ4n) is 2.17. The molecular formula is C15H12N4O3. The first kappa shape index (κ1) is 13.7. The van der Waals surface area contributed by atoms with Crippen LogP contribution in [-0.4, -0.2) is 20.8 Å². The number of anilines is 1. The van der Waals surface area contributed by atoms with Crippen LogP contribution in [0, 0.1) is 17.0 Å². The summed E-state index contributed by atoms with van der Waals surface area (Å²) in [7, 11) is 0. The van der Waals surface area contributed by atoms with Gasteiger partial charge in [-0.3, -0.25) is 14.9 Å². The van der Waals surface area contributed by atoms with E-state index in [1.54, 1.807) is 25.3 Å². The Morgan fingerprint density at radius 3 is 2.91 bits per heavy atom. The first-order chi connectivity index (χ1) is 10.5. The minimum atomic E-state index is -0.524. The number of pyridine rings is 1. The van der Waals surface area contributed by atoms with E-state index in [2.05, 4.69) is 15.3 Å². The number of nitrogens with zero attached hydrogens (tertiary/aromatic N) is 2. The molecule has 7 heteroatoms. The molecule has 3 rings (SSSR count). The molecule has 3 aromatic rings. The summed E-state index contributed by atoms with van der Waals surface area (Å²) in [4.78, 5) is 29.8. The second kappa shape index (κ2) is 5.28. The minimum Gasteiger partial charge on any atom is -0.346 e. The fraction of sp³-hybridized carbons (Fsp3) is 0.0667. The SMILES string of the molecule is Cc1ccc([N+](=O)[O-])cc1C(=O)Nc1cnc2[nH]ccc2c1. The van der Waals surface area contributed by atoms with Crippen LogP contribution in [-0.2, 0) is 0 Å². The molecule has 1 amide bonds. The van der Waals surface area contributed by atoms with Gasteiger partial charge in [-0.25, -0.2) is 4.98 Å². The molecule has 2 N–H and O–H groups in total. The summed E-state index contributed by atoms with van der Waals surface area (Å²) in [5, 5.41) is 14.4. The summed E-state index contributed by atoms with van der Waals surface area (Å²) in [6, 6.07) is 7.83. The lowest BCUT2D eigenvalue weighted by Gasteiger charge is -2.07. The highest BCUT2D eigenvalue weighted by Gasteiger charge is 2.15. The van der Waals surface area contributed by atoms with E-state index < -0.39 is 10.8 Å². The lowest BCUT2D eigenvalue weighted by Crippen LogP contribution is -2.13. The molecule has 0 saturated carbocycles. The summed E-state index contributed by atoms with van der Waals surface area (Å²) in [5.74, 6) is -0.405. The van der Waals surface area contributed by atoms with E-state index in [0.717, 1.165) is 11.0 Å². The van der Waals surface area contributed by atoms with Crippen molar-refractivity contribution in [3.63, 3.8) is 0 Å². The zero-order valence-corrected chi connectivity index (χ0v) is 11.7. The molecular weight excluding hydrogens is 284 g/mol. The van der Waals surface area contributed by atoms with Crippen LogP contribution in [0.15, 0.2) is 42.7 Å². The lowest BCUT2D eigenvalue weighted by atomic mass is 10.1. The van der Waals surface area contributed by atoms with Crippen LogP contribution in [0.3, 0.4) is 0 Å². The smallest absolute Gasteiger partial charge is 0.270 e. The van der Waals surface area contributed by atoms with Gasteiger partial charge in [0.25, 0.3) is 11.6 Å². The largest absolute Gasteiger partial charge is 0.346 e. The Balaban J connectivity index is 1.90. The van der Waals surface area contributed by atoms with Crippen molar-refractivity contribution in [3.05, 3.63) is 64.0 Å². The van der Waals surface area contributed by atoms with Crippen LogP contribution < -0.4 is 5.32 Å². The maximum Gasteiger partial charge on any atom is 0.270 e. The van der Waals surface area contributed by atoms with Crippen molar-refractivity contribution >= 4 is 28.3 Å². The highest BCUT2D eigenvalue weighted by atomic mass is 16.6. The Hall–Kier alpha value is -3.22. The molecule has 0 atom stereocenters. The number of hydrogen-bond acceptors (Lipinski definition) is 4. The molecule has 1 aromatic carbocycles. The Morgan fingerprint density at radius 1 is 1.32 bits per heavy atom. The number of benzene rings is 1. The van der Waals surface area contributed by atoms with E-state index in [4.69, 9.17) is 0 Å². The van der Waals surface area contributed by atoms with Crippen molar-refractivity contribution in [2.45, 2.75) is 6.92 Å². The van der Waals surface area contributed by atoms with Gasteiger partial charge in [-0.15, -0.1) is 0 Å². The Labute approximate surface area is 125 Å². The van der Waals surface area contributed by atoms with E-state index in [9.17, 15) is 14.9 Å². The molecule has 2 heterocycles. The molecule has 0 aliphatic rings. The van der Waals surface area contributed by atoms with Gasteiger partial charge in [0.05, 0.1) is 16.8 Å². The first-order valence-electron chi connectivity index (χ1n) is 6.54. The zero-order valence-electron chi connectivity index (χ0n) is 11.7. The van der Waals surface area contributed by atoms with E-state index in [-0.39, 0.29) is 11.3 Å². The summed E-state index contributed by atoms with van der Waals surface area (Å²) in [6.45, 7) is 1.73. The van der Waals surface area contributed by atoms with Crippen molar-refractivity contribution in [1.82, 2.24) is 9.97 Å². The standard InChI is InChI=1S/C15H12N4O3/c1-9-2-3-12(19(21)22)7-13(9)15(20)18-11-6-10-4-5-16-14(10)17-8-11/h2-8H,1H3,(H,16,17)(H,18,20). The number of fused-ring (bicyclic) bond motifs is 1. The van der Waals surface area contributed by atoms with E-state index in [1.165, 1.54) is 18.3 Å². The molecule has 0 unspecified atom stereocenters. The Kier molecular flexibility index (Phi) is 3.30. The summed E-state index contributed by atoms with van der Waals surface area (Å²) in [5.41, 5.74) is 2.07. The van der Waals surface area contributed by atoms with Gasteiger partial charge in [-0.05, 0) is 24.6 Å². The molecule has 7 nitrogen and oxygen atoms in total. The van der Waals surface area contributed by atoms with Crippen LogP contribution in [0.25, 0.3) is 11.0 Å². The predicted molar refractivity (Wildman–Crippen MR) is 81.9 cm³/mol. The Bertz CT molecular complexity index is 885. The molecule has 0 fully saturated rings. The Morgan fingerprint density at radius 2 is 2.14 bits per heavy atom. The van der Waals surface area contributed by atoms with Gasteiger partial charge < -0.3 is 10.3 Å². The minimum absolute atomic E-state index is 0.116. The second-order valence-corrected chi connectivity index (χ2v) is 4.85. The summed E-state index contributed by atoms with van der Waals surface area (Å²) in [6.07, 6.45) is 3.29. The third kappa shape index (κ3) is 2.51. The number of nitro groups is 1. The van der Waals surface area contributed by atoms with Gasteiger partial charge in [0.2, 0.25) is 0 Å². The maximum atomic E-state index is 12.3. The normalized spacial score (nSPS) is 10.6. The zero-order chi connectivity index (χ0) is 15.7. The van der Waals surface area contributed by atoms with Gasteiger partial charge in [-0.2, -0.15) is 0 Å². The molecule has 0 bridgehead atoms. The van der Waals surface area contributed by atoms with Crippen molar-refractivity contribution < 1.29 is 9.72 Å². The number of non-ortho nitro benzene ring substituents is 1.